The molecule has 0 radical (unpaired) electrons. The summed E-state index contributed by atoms with van der Waals surface area (Å²) in [6.07, 6.45) is 1.08. The van der Waals surface area contributed by atoms with E-state index in [0.717, 1.165) is 24.5 Å². The molecule has 3 nitrogen and oxygen atoms in total. The zero-order chi connectivity index (χ0) is 12.5. The van der Waals surface area contributed by atoms with Gasteiger partial charge in [0.05, 0.1) is 13.7 Å². The highest BCUT2D eigenvalue weighted by atomic mass is 32.2. The lowest BCUT2D eigenvalue weighted by Crippen LogP contribution is -2.35. The minimum atomic E-state index is 0.158. The third-order valence-corrected chi connectivity index (χ3v) is 3.55. The molecule has 0 heterocycles. The van der Waals surface area contributed by atoms with E-state index in [-0.39, 0.29) is 12.6 Å². The Kier molecular flexibility index (Phi) is 7.08. The quantitative estimate of drug-likeness (QED) is 0.698. The average molecular weight is 255 g/mol. The van der Waals surface area contributed by atoms with Crippen molar-refractivity contribution in [3.05, 3.63) is 24.3 Å². The molecular formula is C13H21NO2S. The number of benzene rings is 1. The maximum absolute atomic E-state index is 9.23. The van der Waals surface area contributed by atoms with Crippen LogP contribution in [-0.4, -0.2) is 37.2 Å². The third-order valence-electron chi connectivity index (χ3n) is 2.40. The van der Waals surface area contributed by atoms with E-state index in [0.29, 0.717) is 0 Å². The van der Waals surface area contributed by atoms with Crippen LogP contribution in [0.2, 0.25) is 0 Å². The monoisotopic (exact) mass is 255 g/mol. The van der Waals surface area contributed by atoms with E-state index >= 15 is 0 Å². The minimum Gasteiger partial charge on any atom is -0.497 e. The van der Waals surface area contributed by atoms with Crippen LogP contribution in [0, 0.1) is 0 Å². The number of thioether (sulfide) groups is 1. The standard InChI is InChI=1S/C13H21NO2S/c1-3-7-14-11(9-15)10-17-13-6-4-5-12(8-13)16-2/h4-6,8,11,14-15H,3,7,9-10H2,1-2H3. The molecule has 2 N–H and O–H groups in total. The van der Waals surface area contributed by atoms with Crippen molar-refractivity contribution in [2.75, 3.05) is 26.0 Å². The van der Waals surface area contributed by atoms with Crippen LogP contribution in [0.3, 0.4) is 0 Å². The molecule has 0 saturated heterocycles. The van der Waals surface area contributed by atoms with Gasteiger partial charge in [0, 0.05) is 16.7 Å². The largest absolute Gasteiger partial charge is 0.497 e. The van der Waals surface area contributed by atoms with Crippen LogP contribution in [0.25, 0.3) is 0 Å². The van der Waals surface area contributed by atoms with Gasteiger partial charge in [-0.1, -0.05) is 13.0 Å². The van der Waals surface area contributed by atoms with Gasteiger partial charge in [0.25, 0.3) is 0 Å². The molecule has 0 aliphatic carbocycles. The summed E-state index contributed by atoms with van der Waals surface area (Å²) in [6, 6.07) is 8.14. The summed E-state index contributed by atoms with van der Waals surface area (Å²) < 4.78 is 5.17. The molecule has 0 amide bonds. The van der Waals surface area contributed by atoms with E-state index < -0.39 is 0 Å². The second kappa shape index (κ2) is 8.39. The van der Waals surface area contributed by atoms with Crippen LogP contribution in [0.4, 0.5) is 0 Å². The highest BCUT2D eigenvalue weighted by Gasteiger charge is 2.06. The Morgan fingerprint density at radius 1 is 1.47 bits per heavy atom. The predicted molar refractivity (Wildman–Crippen MR) is 72.9 cm³/mol. The number of hydrogen-bond donors (Lipinski definition) is 2. The lowest BCUT2D eigenvalue weighted by atomic mass is 10.3. The van der Waals surface area contributed by atoms with Crippen LogP contribution >= 0.6 is 11.8 Å². The lowest BCUT2D eigenvalue weighted by molar-refractivity contribution is 0.254. The van der Waals surface area contributed by atoms with Crippen LogP contribution in [0.15, 0.2) is 29.2 Å². The molecule has 96 valence electrons. The Morgan fingerprint density at radius 3 is 2.94 bits per heavy atom. The first kappa shape index (κ1) is 14.4. The topological polar surface area (TPSA) is 41.5 Å². The number of methoxy groups -OCH3 is 1. The van der Waals surface area contributed by atoms with Crippen LogP contribution < -0.4 is 10.1 Å². The number of nitrogens with one attached hydrogen (secondary N) is 1. The van der Waals surface area contributed by atoms with Gasteiger partial charge in [-0.2, -0.15) is 0 Å². The summed E-state index contributed by atoms with van der Waals surface area (Å²) in [5.74, 6) is 1.74. The summed E-state index contributed by atoms with van der Waals surface area (Å²) in [7, 11) is 1.67. The average Bonchev–Trinajstić information content (AvgIpc) is 2.39. The second-order valence-electron chi connectivity index (χ2n) is 3.82. The zero-order valence-electron chi connectivity index (χ0n) is 10.5. The van der Waals surface area contributed by atoms with E-state index in [4.69, 9.17) is 4.74 Å². The molecule has 17 heavy (non-hydrogen) atoms. The van der Waals surface area contributed by atoms with E-state index in [1.165, 1.54) is 4.90 Å². The van der Waals surface area contributed by atoms with Crippen LogP contribution in [-0.2, 0) is 0 Å². The predicted octanol–water partition coefficient (Wildman–Crippen LogP) is 2.15. The van der Waals surface area contributed by atoms with Gasteiger partial charge < -0.3 is 15.2 Å². The van der Waals surface area contributed by atoms with E-state index in [2.05, 4.69) is 18.3 Å². The van der Waals surface area contributed by atoms with Gasteiger partial charge in [0.1, 0.15) is 5.75 Å². The summed E-state index contributed by atoms with van der Waals surface area (Å²) in [5, 5.41) is 12.5. The molecule has 1 rings (SSSR count). The summed E-state index contributed by atoms with van der Waals surface area (Å²) in [6.45, 7) is 3.25. The van der Waals surface area contributed by atoms with Gasteiger partial charge in [-0.15, -0.1) is 11.8 Å². The molecule has 0 aromatic heterocycles. The third kappa shape index (κ3) is 5.44. The summed E-state index contributed by atoms with van der Waals surface area (Å²) in [5.41, 5.74) is 0. The molecule has 0 bridgehead atoms. The molecular weight excluding hydrogens is 234 g/mol. The highest BCUT2D eigenvalue weighted by Crippen LogP contribution is 2.23. The Bertz CT molecular complexity index is 320. The smallest absolute Gasteiger partial charge is 0.119 e. The van der Waals surface area contributed by atoms with Gasteiger partial charge >= 0.3 is 0 Å². The Balaban J connectivity index is 2.41. The van der Waals surface area contributed by atoms with Crippen molar-refractivity contribution < 1.29 is 9.84 Å². The van der Waals surface area contributed by atoms with Crippen molar-refractivity contribution in [1.82, 2.24) is 5.32 Å². The molecule has 0 spiro atoms. The van der Waals surface area contributed by atoms with Crippen molar-refractivity contribution in [1.29, 1.82) is 0 Å². The van der Waals surface area contributed by atoms with Gasteiger partial charge in [0.15, 0.2) is 0 Å². The fourth-order valence-electron chi connectivity index (χ4n) is 1.41. The molecule has 4 heteroatoms. The molecule has 0 fully saturated rings. The van der Waals surface area contributed by atoms with Gasteiger partial charge in [0.2, 0.25) is 0 Å². The molecule has 0 saturated carbocycles. The maximum atomic E-state index is 9.23. The van der Waals surface area contributed by atoms with E-state index in [1.54, 1.807) is 18.9 Å². The summed E-state index contributed by atoms with van der Waals surface area (Å²) in [4.78, 5) is 1.17. The van der Waals surface area contributed by atoms with Gasteiger partial charge in [-0.05, 0) is 31.2 Å². The van der Waals surface area contributed by atoms with Gasteiger partial charge in [-0.25, -0.2) is 0 Å². The lowest BCUT2D eigenvalue weighted by Gasteiger charge is -2.15. The minimum absolute atomic E-state index is 0.158. The van der Waals surface area contributed by atoms with Crippen molar-refractivity contribution in [2.45, 2.75) is 24.3 Å². The highest BCUT2D eigenvalue weighted by molar-refractivity contribution is 7.99. The molecule has 1 aromatic rings. The summed E-state index contributed by atoms with van der Waals surface area (Å²) >= 11 is 1.73. The van der Waals surface area contributed by atoms with Crippen LogP contribution in [0.1, 0.15) is 13.3 Å². The Hall–Kier alpha value is -0.710. The first-order valence-electron chi connectivity index (χ1n) is 5.91. The van der Waals surface area contributed by atoms with Crippen molar-refractivity contribution in [3.63, 3.8) is 0 Å². The number of aliphatic hydroxyl groups excluding tert-OH is 1. The number of hydrogen-bond acceptors (Lipinski definition) is 4. The maximum Gasteiger partial charge on any atom is 0.119 e. The fraction of sp³-hybridized carbons (Fsp3) is 0.538. The molecule has 1 aromatic carbocycles. The molecule has 0 aliphatic rings. The normalized spacial score (nSPS) is 12.4. The Morgan fingerprint density at radius 2 is 2.29 bits per heavy atom. The number of rotatable bonds is 8. The second-order valence-corrected chi connectivity index (χ2v) is 4.92. The number of aliphatic hydroxyl groups is 1. The fourth-order valence-corrected chi connectivity index (χ4v) is 2.40. The first-order valence-corrected chi connectivity index (χ1v) is 6.89. The molecule has 0 aliphatic heterocycles. The molecule has 1 atom stereocenters. The SMILES string of the molecule is CCCNC(CO)CSc1cccc(OC)c1. The first-order chi connectivity index (χ1) is 8.30. The van der Waals surface area contributed by atoms with Gasteiger partial charge in [-0.3, -0.25) is 0 Å². The van der Waals surface area contributed by atoms with Crippen molar-refractivity contribution in [3.8, 4) is 5.75 Å². The molecule has 1 unspecified atom stereocenters. The Labute approximate surface area is 108 Å². The zero-order valence-corrected chi connectivity index (χ0v) is 11.3. The number of ether oxygens (including phenoxy) is 1. The van der Waals surface area contributed by atoms with E-state index in [9.17, 15) is 5.11 Å². The van der Waals surface area contributed by atoms with Crippen molar-refractivity contribution >= 4 is 11.8 Å². The van der Waals surface area contributed by atoms with E-state index in [1.807, 2.05) is 18.2 Å². The van der Waals surface area contributed by atoms with Crippen LogP contribution in [0.5, 0.6) is 5.75 Å². The van der Waals surface area contributed by atoms with Crippen molar-refractivity contribution in [2.24, 2.45) is 0 Å².